The Morgan fingerprint density at radius 1 is 0.458 bits per heavy atom. The fraction of sp³-hybridized carbons (Fsp3) is 1.00. The lowest BCUT2D eigenvalue weighted by Gasteiger charge is -2.08. The zero-order valence-electron chi connectivity index (χ0n) is 15.4. The maximum Gasteiger partial charge on any atom is 0.0701 e. The van der Waals surface area contributed by atoms with E-state index < -0.39 is 0 Å². The van der Waals surface area contributed by atoms with E-state index in [1.807, 2.05) is 0 Å². The van der Waals surface area contributed by atoms with Crippen LogP contribution >= 0.6 is 11.6 Å². The molecule has 0 radical (unpaired) electrons. The minimum atomic E-state index is 0.592. The minimum Gasteiger partial charge on any atom is -0.379 e. The summed E-state index contributed by atoms with van der Waals surface area (Å²) in [6.07, 6.45) is 6.86. The van der Waals surface area contributed by atoms with Crippen LogP contribution in [0.25, 0.3) is 0 Å². The predicted octanol–water partition coefficient (Wildman–Crippen LogP) is 3.67. The van der Waals surface area contributed by atoms with Gasteiger partial charge in [0.2, 0.25) is 0 Å². The quantitative estimate of drug-likeness (QED) is 0.228. The summed E-state index contributed by atoms with van der Waals surface area (Å²) in [7, 11) is 0. The van der Waals surface area contributed by atoms with Crippen LogP contribution in [-0.4, -0.2) is 71.9 Å². The molecule has 0 saturated heterocycles. The summed E-state index contributed by atoms with van der Waals surface area (Å²) in [4.78, 5) is 0. The monoisotopic (exact) mass is 368 g/mol. The van der Waals surface area contributed by atoms with Gasteiger partial charge < -0.3 is 23.7 Å². The third kappa shape index (κ3) is 22.1. The van der Waals surface area contributed by atoms with Crippen molar-refractivity contribution in [3.8, 4) is 0 Å². The van der Waals surface area contributed by atoms with Crippen molar-refractivity contribution in [2.45, 2.75) is 45.4 Å². The zero-order valence-corrected chi connectivity index (χ0v) is 16.2. The van der Waals surface area contributed by atoms with Crippen molar-refractivity contribution in [1.29, 1.82) is 0 Å². The number of alkyl halides is 1. The Bertz CT molecular complexity index is 198. The average Bonchev–Trinajstić information content (AvgIpc) is 2.60. The van der Waals surface area contributed by atoms with Gasteiger partial charge in [-0.1, -0.05) is 26.2 Å². The number of rotatable bonds is 21. The molecule has 0 atom stereocenters. The lowest BCUT2D eigenvalue weighted by molar-refractivity contribution is -0.0113. The molecule has 0 N–H and O–H groups in total. The van der Waals surface area contributed by atoms with Gasteiger partial charge in [0.25, 0.3) is 0 Å². The number of hydrogen-bond acceptors (Lipinski definition) is 5. The molecule has 0 amide bonds. The van der Waals surface area contributed by atoms with Gasteiger partial charge in [-0.05, 0) is 19.3 Å². The first-order valence-corrected chi connectivity index (χ1v) is 9.90. The third-order valence-corrected chi connectivity index (χ3v) is 3.57. The van der Waals surface area contributed by atoms with Crippen molar-refractivity contribution in [1.82, 2.24) is 0 Å². The molecule has 0 unspecified atom stereocenters. The van der Waals surface area contributed by atoms with Crippen molar-refractivity contribution < 1.29 is 23.7 Å². The molecule has 0 aliphatic carbocycles. The van der Waals surface area contributed by atoms with Gasteiger partial charge in [0.1, 0.15) is 0 Å². The van der Waals surface area contributed by atoms with Gasteiger partial charge in [0, 0.05) is 19.1 Å². The number of hydrogen-bond donors (Lipinski definition) is 0. The minimum absolute atomic E-state index is 0.592. The van der Waals surface area contributed by atoms with Gasteiger partial charge in [-0.25, -0.2) is 0 Å². The van der Waals surface area contributed by atoms with Crippen molar-refractivity contribution >= 4 is 11.6 Å². The summed E-state index contributed by atoms with van der Waals surface area (Å²) in [6.45, 7) is 8.73. The SMILES string of the molecule is CCCCOCCOCCOCCOCCOCCCCCCCl. The van der Waals surface area contributed by atoms with Crippen molar-refractivity contribution in [2.75, 3.05) is 71.9 Å². The largest absolute Gasteiger partial charge is 0.379 e. The van der Waals surface area contributed by atoms with Crippen LogP contribution in [0.1, 0.15) is 45.4 Å². The molecule has 24 heavy (non-hydrogen) atoms. The second-order valence-corrected chi connectivity index (χ2v) is 5.90. The Morgan fingerprint density at radius 2 is 0.833 bits per heavy atom. The van der Waals surface area contributed by atoms with Crippen LogP contribution in [0.2, 0.25) is 0 Å². The van der Waals surface area contributed by atoms with E-state index >= 15 is 0 Å². The first-order chi connectivity index (χ1) is 11.9. The van der Waals surface area contributed by atoms with Crippen LogP contribution in [0.15, 0.2) is 0 Å². The van der Waals surface area contributed by atoms with Crippen LogP contribution in [0.5, 0.6) is 0 Å². The van der Waals surface area contributed by atoms with E-state index in [1.165, 1.54) is 12.8 Å². The van der Waals surface area contributed by atoms with Crippen LogP contribution in [0, 0.1) is 0 Å². The molecular weight excluding hydrogens is 332 g/mol. The van der Waals surface area contributed by atoms with Gasteiger partial charge in [0.15, 0.2) is 0 Å². The molecule has 0 aromatic rings. The Labute approximate surface area is 153 Å². The van der Waals surface area contributed by atoms with Gasteiger partial charge in [0.05, 0.1) is 52.9 Å². The van der Waals surface area contributed by atoms with E-state index in [4.69, 9.17) is 35.3 Å². The van der Waals surface area contributed by atoms with Crippen molar-refractivity contribution in [3.63, 3.8) is 0 Å². The molecule has 0 aliphatic rings. The Morgan fingerprint density at radius 3 is 1.25 bits per heavy atom. The maximum atomic E-state index is 5.62. The zero-order chi connectivity index (χ0) is 17.6. The van der Waals surface area contributed by atoms with Gasteiger partial charge in [-0.2, -0.15) is 0 Å². The summed E-state index contributed by atoms with van der Waals surface area (Å²) in [5.41, 5.74) is 0. The van der Waals surface area contributed by atoms with E-state index in [9.17, 15) is 0 Å². The summed E-state index contributed by atoms with van der Waals surface area (Å²) in [5.74, 6) is 0.760. The van der Waals surface area contributed by atoms with Crippen LogP contribution in [-0.2, 0) is 23.7 Å². The van der Waals surface area contributed by atoms with Gasteiger partial charge >= 0.3 is 0 Å². The fourth-order valence-electron chi connectivity index (χ4n) is 1.88. The first-order valence-electron chi connectivity index (χ1n) is 9.36. The molecule has 0 fully saturated rings. The Balaban J connectivity index is 2.93. The molecular formula is C18H37ClO5. The van der Waals surface area contributed by atoms with E-state index in [-0.39, 0.29) is 0 Å². The summed E-state index contributed by atoms with van der Waals surface area (Å²) < 4.78 is 27.1. The molecule has 0 heterocycles. The molecule has 0 spiro atoms. The number of halogens is 1. The Kier molecular flexibility index (Phi) is 23.2. The van der Waals surface area contributed by atoms with E-state index in [2.05, 4.69) is 6.92 Å². The highest BCUT2D eigenvalue weighted by molar-refractivity contribution is 6.17. The number of unbranched alkanes of at least 4 members (excludes halogenated alkanes) is 4. The highest BCUT2D eigenvalue weighted by atomic mass is 35.5. The second kappa shape index (κ2) is 23.1. The van der Waals surface area contributed by atoms with E-state index in [0.29, 0.717) is 52.9 Å². The lowest BCUT2D eigenvalue weighted by Crippen LogP contribution is -2.13. The topological polar surface area (TPSA) is 46.2 Å². The highest BCUT2D eigenvalue weighted by Crippen LogP contribution is 2.01. The number of ether oxygens (including phenoxy) is 5. The normalized spacial score (nSPS) is 11.2. The second-order valence-electron chi connectivity index (χ2n) is 5.52. The molecule has 0 saturated carbocycles. The maximum absolute atomic E-state index is 5.62. The van der Waals surface area contributed by atoms with Crippen molar-refractivity contribution in [3.05, 3.63) is 0 Å². The predicted molar refractivity (Wildman–Crippen MR) is 98.2 cm³/mol. The molecule has 5 nitrogen and oxygen atoms in total. The smallest absolute Gasteiger partial charge is 0.0701 e. The molecule has 0 rings (SSSR count). The third-order valence-electron chi connectivity index (χ3n) is 3.30. The highest BCUT2D eigenvalue weighted by Gasteiger charge is 1.94. The lowest BCUT2D eigenvalue weighted by atomic mass is 10.2. The first kappa shape index (κ1) is 24.1. The van der Waals surface area contributed by atoms with Gasteiger partial charge in [-0.3, -0.25) is 0 Å². The molecule has 6 heteroatoms. The van der Waals surface area contributed by atoms with Crippen LogP contribution < -0.4 is 0 Å². The molecule has 0 aromatic carbocycles. The summed E-state index contributed by atoms with van der Waals surface area (Å²) in [5, 5.41) is 0. The van der Waals surface area contributed by atoms with E-state index in [1.54, 1.807) is 0 Å². The van der Waals surface area contributed by atoms with Crippen LogP contribution in [0.3, 0.4) is 0 Å². The summed E-state index contributed by atoms with van der Waals surface area (Å²) in [6, 6.07) is 0. The average molecular weight is 369 g/mol. The van der Waals surface area contributed by atoms with Gasteiger partial charge in [-0.15, -0.1) is 11.6 Å². The molecule has 0 aromatic heterocycles. The standard InChI is InChI=1S/C18H37ClO5/c1-2-3-9-20-11-13-22-15-17-24-18-16-23-14-12-21-10-7-5-4-6-8-19/h2-18H2,1H3. The van der Waals surface area contributed by atoms with Crippen LogP contribution in [0.4, 0.5) is 0 Å². The van der Waals surface area contributed by atoms with Crippen molar-refractivity contribution in [2.24, 2.45) is 0 Å². The van der Waals surface area contributed by atoms with E-state index in [0.717, 1.165) is 44.8 Å². The molecule has 0 bridgehead atoms. The molecule has 146 valence electrons. The molecule has 0 aliphatic heterocycles. The fourth-order valence-corrected chi connectivity index (χ4v) is 2.07. The summed E-state index contributed by atoms with van der Waals surface area (Å²) >= 11 is 5.62. The Hall–Kier alpha value is 0.0900.